The molecule has 0 aliphatic carbocycles. The Hall–Kier alpha value is -0.570. The van der Waals surface area contributed by atoms with Gasteiger partial charge in [-0.3, -0.25) is 0 Å². The van der Waals surface area contributed by atoms with Crippen LogP contribution in [0.1, 0.15) is 36.9 Å². The second-order valence-corrected chi connectivity index (χ2v) is 4.41. The second kappa shape index (κ2) is 6.24. The highest BCUT2D eigenvalue weighted by Crippen LogP contribution is 2.21. The van der Waals surface area contributed by atoms with Crippen molar-refractivity contribution in [3.05, 3.63) is 35.4 Å². The van der Waals surface area contributed by atoms with E-state index in [2.05, 4.69) is 43.4 Å². The summed E-state index contributed by atoms with van der Waals surface area (Å²) >= 11 is 0. The summed E-state index contributed by atoms with van der Waals surface area (Å²) in [6, 6.07) is 9.17. The molecule has 1 aromatic carbocycles. The van der Waals surface area contributed by atoms with Crippen molar-refractivity contribution in [2.45, 2.75) is 25.8 Å². The first-order chi connectivity index (χ1) is 7.27. The van der Waals surface area contributed by atoms with Crippen molar-refractivity contribution < 1.29 is 4.74 Å². The van der Waals surface area contributed by atoms with Crippen LogP contribution in [0, 0.1) is 0 Å². The third kappa shape index (κ3) is 3.21. The minimum absolute atomic E-state index is 0. The third-order valence-corrected chi connectivity index (χ3v) is 2.90. The number of ether oxygens (including phenoxy) is 1. The molecule has 1 N–H and O–H groups in total. The number of nitrogens with one attached hydrogen (secondary N) is 1. The van der Waals surface area contributed by atoms with Gasteiger partial charge in [-0.1, -0.05) is 38.1 Å². The van der Waals surface area contributed by atoms with E-state index in [4.69, 9.17) is 4.74 Å². The van der Waals surface area contributed by atoms with E-state index in [1.54, 1.807) is 0 Å². The molecule has 1 aromatic rings. The SMILES string of the molecule is CC(C)c1cccc([C@@H]2COCCN2)c1.Cl. The van der Waals surface area contributed by atoms with Crippen LogP contribution >= 0.6 is 12.4 Å². The average Bonchev–Trinajstić information content (AvgIpc) is 2.30. The van der Waals surface area contributed by atoms with Crippen molar-refractivity contribution in [2.24, 2.45) is 0 Å². The summed E-state index contributed by atoms with van der Waals surface area (Å²) in [5.41, 5.74) is 2.75. The normalized spacial score (nSPS) is 20.6. The summed E-state index contributed by atoms with van der Waals surface area (Å²) in [6.45, 7) is 7.03. The molecule has 0 bridgehead atoms. The lowest BCUT2D eigenvalue weighted by Crippen LogP contribution is -2.34. The standard InChI is InChI=1S/C13H19NO.ClH/c1-10(2)11-4-3-5-12(8-11)13-9-15-7-6-14-13;/h3-5,8,10,13-14H,6-7,9H2,1-2H3;1H/t13-;/m0./s1. The Morgan fingerprint density at radius 1 is 1.38 bits per heavy atom. The minimum Gasteiger partial charge on any atom is -0.378 e. The molecule has 0 radical (unpaired) electrons. The summed E-state index contributed by atoms with van der Waals surface area (Å²) in [5.74, 6) is 0.592. The quantitative estimate of drug-likeness (QED) is 0.860. The molecule has 16 heavy (non-hydrogen) atoms. The summed E-state index contributed by atoms with van der Waals surface area (Å²) < 4.78 is 5.47. The third-order valence-electron chi connectivity index (χ3n) is 2.90. The molecule has 2 rings (SSSR count). The fraction of sp³-hybridized carbons (Fsp3) is 0.538. The molecule has 0 saturated carbocycles. The largest absolute Gasteiger partial charge is 0.378 e. The maximum absolute atomic E-state index is 5.47. The van der Waals surface area contributed by atoms with Crippen LogP contribution in [0.3, 0.4) is 0 Å². The highest BCUT2D eigenvalue weighted by Gasteiger charge is 2.15. The van der Waals surface area contributed by atoms with E-state index >= 15 is 0 Å². The maximum atomic E-state index is 5.47. The summed E-state index contributed by atoms with van der Waals surface area (Å²) in [5, 5.41) is 3.48. The molecule has 1 aliphatic heterocycles. The first-order valence-corrected chi connectivity index (χ1v) is 5.68. The number of benzene rings is 1. The molecule has 3 heteroatoms. The van der Waals surface area contributed by atoms with Gasteiger partial charge in [0.05, 0.1) is 19.3 Å². The first-order valence-electron chi connectivity index (χ1n) is 5.68. The number of rotatable bonds is 2. The molecule has 90 valence electrons. The van der Waals surface area contributed by atoms with Gasteiger partial charge in [-0.15, -0.1) is 12.4 Å². The van der Waals surface area contributed by atoms with Crippen LogP contribution < -0.4 is 5.32 Å². The van der Waals surface area contributed by atoms with Gasteiger partial charge in [-0.25, -0.2) is 0 Å². The van der Waals surface area contributed by atoms with Gasteiger partial charge in [0.1, 0.15) is 0 Å². The van der Waals surface area contributed by atoms with E-state index in [9.17, 15) is 0 Å². The predicted octanol–water partition coefficient (Wildman–Crippen LogP) is 2.89. The summed E-state index contributed by atoms with van der Waals surface area (Å²) in [4.78, 5) is 0. The van der Waals surface area contributed by atoms with E-state index in [1.165, 1.54) is 11.1 Å². The van der Waals surface area contributed by atoms with Crippen LogP contribution in [0.15, 0.2) is 24.3 Å². The highest BCUT2D eigenvalue weighted by atomic mass is 35.5. The molecular weight excluding hydrogens is 222 g/mol. The topological polar surface area (TPSA) is 21.3 Å². The van der Waals surface area contributed by atoms with Crippen LogP contribution in [-0.4, -0.2) is 19.8 Å². The molecule has 2 nitrogen and oxygen atoms in total. The Balaban J connectivity index is 0.00000128. The zero-order valence-corrected chi connectivity index (χ0v) is 10.7. The summed E-state index contributed by atoms with van der Waals surface area (Å²) in [6.07, 6.45) is 0. The monoisotopic (exact) mass is 241 g/mol. The number of morpholine rings is 1. The van der Waals surface area contributed by atoms with Crippen molar-refractivity contribution in [1.82, 2.24) is 5.32 Å². The fourth-order valence-corrected chi connectivity index (χ4v) is 1.91. The smallest absolute Gasteiger partial charge is 0.0662 e. The Morgan fingerprint density at radius 3 is 2.81 bits per heavy atom. The van der Waals surface area contributed by atoms with Crippen LogP contribution in [0.5, 0.6) is 0 Å². The second-order valence-electron chi connectivity index (χ2n) is 4.41. The molecule has 0 spiro atoms. The summed E-state index contributed by atoms with van der Waals surface area (Å²) in [7, 11) is 0. The average molecular weight is 242 g/mol. The van der Waals surface area contributed by atoms with Crippen molar-refractivity contribution in [1.29, 1.82) is 0 Å². The van der Waals surface area contributed by atoms with E-state index < -0.39 is 0 Å². The number of halogens is 1. The van der Waals surface area contributed by atoms with Crippen molar-refractivity contribution in [3.8, 4) is 0 Å². The molecule has 1 atom stereocenters. The van der Waals surface area contributed by atoms with Crippen molar-refractivity contribution in [3.63, 3.8) is 0 Å². The number of hydrogen-bond acceptors (Lipinski definition) is 2. The number of hydrogen-bond donors (Lipinski definition) is 1. The van der Waals surface area contributed by atoms with Crippen LogP contribution in [0.4, 0.5) is 0 Å². The van der Waals surface area contributed by atoms with Crippen molar-refractivity contribution >= 4 is 12.4 Å². The Morgan fingerprint density at radius 2 is 2.19 bits per heavy atom. The van der Waals surface area contributed by atoms with E-state index in [0.29, 0.717) is 12.0 Å². The molecule has 0 aromatic heterocycles. The fourth-order valence-electron chi connectivity index (χ4n) is 1.91. The van der Waals surface area contributed by atoms with Gasteiger partial charge < -0.3 is 10.1 Å². The van der Waals surface area contributed by atoms with Gasteiger partial charge in [-0.05, 0) is 17.0 Å². The molecule has 0 amide bonds. The zero-order valence-electron chi connectivity index (χ0n) is 9.90. The molecule has 1 saturated heterocycles. The zero-order chi connectivity index (χ0) is 10.7. The van der Waals surface area contributed by atoms with E-state index in [1.807, 2.05) is 0 Å². The van der Waals surface area contributed by atoms with E-state index in [-0.39, 0.29) is 12.4 Å². The predicted molar refractivity (Wildman–Crippen MR) is 69.3 cm³/mol. The molecule has 1 heterocycles. The Kier molecular flexibility index (Phi) is 5.26. The molecule has 1 aliphatic rings. The maximum Gasteiger partial charge on any atom is 0.0662 e. The molecule has 1 fully saturated rings. The lowest BCUT2D eigenvalue weighted by molar-refractivity contribution is 0.0768. The van der Waals surface area contributed by atoms with Gasteiger partial charge in [0.15, 0.2) is 0 Å². The minimum atomic E-state index is 0. The van der Waals surface area contributed by atoms with Crippen LogP contribution in [0.25, 0.3) is 0 Å². The van der Waals surface area contributed by atoms with Crippen molar-refractivity contribution in [2.75, 3.05) is 19.8 Å². The van der Waals surface area contributed by atoms with Crippen LogP contribution in [0.2, 0.25) is 0 Å². The molecule has 0 unspecified atom stereocenters. The lowest BCUT2D eigenvalue weighted by atomic mass is 9.98. The lowest BCUT2D eigenvalue weighted by Gasteiger charge is -2.24. The first kappa shape index (κ1) is 13.5. The Bertz CT molecular complexity index is 321. The van der Waals surface area contributed by atoms with Gasteiger partial charge in [0, 0.05) is 6.54 Å². The highest BCUT2D eigenvalue weighted by molar-refractivity contribution is 5.85. The van der Waals surface area contributed by atoms with E-state index in [0.717, 1.165) is 19.8 Å². The van der Waals surface area contributed by atoms with Gasteiger partial charge >= 0.3 is 0 Å². The molecular formula is C13H20ClNO. The van der Waals surface area contributed by atoms with Gasteiger partial charge in [0.25, 0.3) is 0 Å². The van der Waals surface area contributed by atoms with Gasteiger partial charge in [0.2, 0.25) is 0 Å². The Labute approximate surface area is 104 Å². The van der Waals surface area contributed by atoms with Gasteiger partial charge in [-0.2, -0.15) is 0 Å². The van der Waals surface area contributed by atoms with Crippen LogP contribution in [-0.2, 0) is 4.74 Å².